The number of ether oxygens (including phenoxy) is 1. The van der Waals surface area contributed by atoms with E-state index < -0.39 is 0 Å². The van der Waals surface area contributed by atoms with Crippen molar-refractivity contribution in [2.24, 2.45) is 17.1 Å². The molecular formula is C11H23NO2. The maximum Gasteiger partial charge on any atom is 0.0500 e. The van der Waals surface area contributed by atoms with Gasteiger partial charge in [0.1, 0.15) is 0 Å². The second-order valence-electron chi connectivity index (χ2n) is 4.46. The summed E-state index contributed by atoms with van der Waals surface area (Å²) in [7, 11) is 0. The molecule has 3 heteroatoms. The Hall–Kier alpha value is -0.120. The van der Waals surface area contributed by atoms with Gasteiger partial charge in [0.15, 0.2) is 0 Å². The topological polar surface area (TPSA) is 55.5 Å². The van der Waals surface area contributed by atoms with Gasteiger partial charge in [-0.15, -0.1) is 0 Å². The van der Waals surface area contributed by atoms with Crippen molar-refractivity contribution in [3.05, 3.63) is 0 Å². The Labute approximate surface area is 86.6 Å². The van der Waals surface area contributed by atoms with Crippen LogP contribution in [0.2, 0.25) is 0 Å². The molecule has 0 aromatic carbocycles. The van der Waals surface area contributed by atoms with Gasteiger partial charge in [-0.05, 0) is 25.7 Å². The highest BCUT2D eigenvalue weighted by atomic mass is 16.5. The first kappa shape index (κ1) is 12.0. The third-order valence-electron chi connectivity index (χ3n) is 3.17. The van der Waals surface area contributed by atoms with Crippen LogP contribution in [0.1, 0.15) is 32.6 Å². The van der Waals surface area contributed by atoms with Crippen molar-refractivity contribution in [2.45, 2.75) is 32.6 Å². The van der Waals surface area contributed by atoms with Crippen LogP contribution < -0.4 is 5.73 Å². The molecule has 0 aromatic rings. The smallest absolute Gasteiger partial charge is 0.0500 e. The first-order chi connectivity index (χ1) is 6.76. The molecule has 3 N–H and O–H groups in total. The summed E-state index contributed by atoms with van der Waals surface area (Å²) in [4.78, 5) is 0. The van der Waals surface area contributed by atoms with E-state index >= 15 is 0 Å². The fourth-order valence-corrected chi connectivity index (χ4v) is 1.86. The molecule has 1 aliphatic carbocycles. The first-order valence-corrected chi connectivity index (χ1v) is 5.65. The molecule has 1 aliphatic rings. The Kier molecular flexibility index (Phi) is 4.85. The maximum absolute atomic E-state index is 9.42. The van der Waals surface area contributed by atoms with Crippen LogP contribution in [0.15, 0.2) is 0 Å². The zero-order chi connectivity index (χ0) is 10.4. The fraction of sp³-hybridized carbons (Fsp3) is 1.00. The molecule has 0 spiro atoms. The zero-order valence-electron chi connectivity index (χ0n) is 9.17. The van der Waals surface area contributed by atoms with E-state index in [2.05, 4.69) is 0 Å². The van der Waals surface area contributed by atoms with E-state index in [0.717, 1.165) is 32.0 Å². The second kappa shape index (κ2) is 5.69. The van der Waals surface area contributed by atoms with Gasteiger partial charge in [-0.3, -0.25) is 0 Å². The highest BCUT2D eigenvalue weighted by Gasteiger charge is 2.35. The minimum Gasteiger partial charge on any atom is -0.396 e. The van der Waals surface area contributed by atoms with Crippen molar-refractivity contribution < 1.29 is 9.84 Å². The first-order valence-electron chi connectivity index (χ1n) is 5.65. The molecule has 1 fully saturated rings. The number of nitrogens with two attached hydrogens (primary N) is 1. The molecule has 0 aromatic heterocycles. The number of aliphatic hydroxyl groups is 1. The third kappa shape index (κ3) is 3.56. The van der Waals surface area contributed by atoms with Gasteiger partial charge in [-0.1, -0.05) is 12.8 Å². The molecule has 1 unspecified atom stereocenters. The Bertz CT molecular complexity index is 153. The lowest BCUT2D eigenvalue weighted by molar-refractivity contribution is 0.0565. The lowest BCUT2D eigenvalue weighted by Gasteiger charge is -2.30. The van der Waals surface area contributed by atoms with Gasteiger partial charge in [0.05, 0.1) is 0 Å². The molecule has 14 heavy (non-hydrogen) atoms. The Morgan fingerprint density at radius 3 is 2.64 bits per heavy atom. The largest absolute Gasteiger partial charge is 0.396 e. The second-order valence-corrected chi connectivity index (χ2v) is 4.46. The van der Waals surface area contributed by atoms with Crippen LogP contribution >= 0.6 is 0 Å². The van der Waals surface area contributed by atoms with Gasteiger partial charge in [0.2, 0.25) is 0 Å². The van der Waals surface area contributed by atoms with Crippen molar-refractivity contribution in [2.75, 3.05) is 26.4 Å². The summed E-state index contributed by atoms with van der Waals surface area (Å²) in [5, 5.41) is 9.42. The summed E-state index contributed by atoms with van der Waals surface area (Å²) in [5.74, 6) is 0.812. The molecular weight excluding hydrogens is 178 g/mol. The lowest BCUT2D eigenvalue weighted by atomic mass is 9.80. The van der Waals surface area contributed by atoms with Gasteiger partial charge in [0, 0.05) is 31.8 Å². The quantitative estimate of drug-likeness (QED) is 0.579. The van der Waals surface area contributed by atoms with Crippen molar-refractivity contribution in [1.29, 1.82) is 0 Å². The van der Waals surface area contributed by atoms with Crippen molar-refractivity contribution >= 4 is 0 Å². The van der Waals surface area contributed by atoms with E-state index in [1.807, 2.05) is 6.92 Å². The Morgan fingerprint density at radius 2 is 2.21 bits per heavy atom. The summed E-state index contributed by atoms with van der Waals surface area (Å²) in [6.45, 7) is 4.24. The van der Waals surface area contributed by atoms with Gasteiger partial charge in [-0.25, -0.2) is 0 Å². The minimum atomic E-state index is -0.0731. The number of rotatable bonds is 8. The molecule has 1 rings (SSSR count). The molecule has 3 nitrogen and oxygen atoms in total. The number of hydrogen-bond donors (Lipinski definition) is 2. The predicted molar refractivity (Wildman–Crippen MR) is 57.0 cm³/mol. The molecule has 0 bridgehead atoms. The highest BCUT2D eigenvalue weighted by Crippen LogP contribution is 2.41. The Balaban J connectivity index is 2.32. The van der Waals surface area contributed by atoms with Crippen LogP contribution in [0.3, 0.4) is 0 Å². The number of hydrogen-bond acceptors (Lipinski definition) is 3. The average Bonchev–Trinajstić information content (AvgIpc) is 3.00. The summed E-state index contributed by atoms with van der Waals surface area (Å²) >= 11 is 0. The van der Waals surface area contributed by atoms with Crippen molar-refractivity contribution in [3.63, 3.8) is 0 Å². The summed E-state index contributed by atoms with van der Waals surface area (Å²) in [5.41, 5.74) is 5.69. The summed E-state index contributed by atoms with van der Waals surface area (Å²) in [6, 6.07) is 0. The van der Waals surface area contributed by atoms with Crippen LogP contribution in [-0.4, -0.2) is 31.5 Å². The summed E-state index contributed by atoms with van der Waals surface area (Å²) < 4.78 is 5.33. The maximum atomic E-state index is 9.42. The van der Waals surface area contributed by atoms with Gasteiger partial charge in [0.25, 0.3) is 0 Å². The molecule has 1 saturated carbocycles. The van der Waals surface area contributed by atoms with E-state index in [4.69, 9.17) is 10.5 Å². The molecule has 0 amide bonds. The monoisotopic (exact) mass is 201 g/mol. The number of aliphatic hydroxyl groups excluding tert-OH is 1. The lowest BCUT2D eigenvalue weighted by Crippen LogP contribution is -2.36. The molecule has 0 aliphatic heterocycles. The highest BCUT2D eigenvalue weighted by molar-refractivity contribution is 4.87. The van der Waals surface area contributed by atoms with E-state index in [1.165, 1.54) is 12.8 Å². The third-order valence-corrected chi connectivity index (χ3v) is 3.17. The molecule has 0 heterocycles. The van der Waals surface area contributed by atoms with Gasteiger partial charge < -0.3 is 15.6 Å². The predicted octanol–water partition coefficient (Wildman–Crippen LogP) is 1.15. The van der Waals surface area contributed by atoms with Crippen LogP contribution in [0.25, 0.3) is 0 Å². The van der Waals surface area contributed by atoms with Crippen LogP contribution in [-0.2, 0) is 4.74 Å². The fourth-order valence-electron chi connectivity index (χ4n) is 1.86. The van der Waals surface area contributed by atoms with E-state index in [1.54, 1.807) is 0 Å². The SMILES string of the molecule is CCOCCC(CN)(CO)CC1CC1. The summed E-state index contributed by atoms with van der Waals surface area (Å²) in [6.07, 6.45) is 4.60. The van der Waals surface area contributed by atoms with E-state index in [-0.39, 0.29) is 12.0 Å². The van der Waals surface area contributed by atoms with E-state index in [9.17, 15) is 5.11 Å². The van der Waals surface area contributed by atoms with Gasteiger partial charge in [-0.2, -0.15) is 0 Å². The molecule has 0 saturated heterocycles. The average molecular weight is 201 g/mol. The van der Waals surface area contributed by atoms with Crippen LogP contribution in [0.4, 0.5) is 0 Å². The minimum absolute atomic E-state index is 0.0731. The van der Waals surface area contributed by atoms with Gasteiger partial charge >= 0.3 is 0 Å². The van der Waals surface area contributed by atoms with Crippen LogP contribution in [0, 0.1) is 11.3 Å². The van der Waals surface area contributed by atoms with Crippen LogP contribution in [0.5, 0.6) is 0 Å². The van der Waals surface area contributed by atoms with Crippen molar-refractivity contribution in [3.8, 4) is 0 Å². The normalized spacial score (nSPS) is 20.8. The standard InChI is InChI=1S/C11H23NO2/c1-2-14-6-5-11(8-12,9-13)7-10-3-4-10/h10,13H,2-9,12H2,1H3. The molecule has 1 atom stereocenters. The Morgan fingerprint density at radius 1 is 1.50 bits per heavy atom. The molecule has 0 radical (unpaired) electrons. The zero-order valence-corrected chi connectivity index (χ0v) is 9.17. The van der Waals surface area contributed by atoms with Crippen molar-refractivity contribution in [1.82, 2.24) is 0 Å². The van der Waals surface area contributed by atoms with E-state index in [0.29, 0.717) is 6.54 Å². The molecule has 84 valence electrons.